The lowest BCUT2D eigenvalue weighted by Gasteiger charge is -2.38. The molecule has 10 heteroatoms. The number of quaternary nitrogens is 2. The molecule has 0 radical (unpaired) electrons. The number of thioether (sulfide) groups is 1. The molecule has 1 rings (SSSR count). The highest BCUT2D eigenvalue weighted by molar-refractivity contribution is 8.04. The van der Waals surface area contributed by atoms with Crippen molar-refractivity contribution < 1.29 is 8.97 Å². The monoisotopic (exact) mass is 654 g/mol. The molecule has 0 aliphatic rings. The highest BCUT2D eigenvalue weighted by Crippen LogP contribution is 2.36. The topological polar surface area (TPSA) is 84.3 Å². The molecule has 0 spiro atoms. The van der Waals surface area contributed by atoms with Gasteiger partial charge in [0.25, 0.3) is 0 Å². The molecule has 238 valence electrons. The Hall–Kier alpha value is -1.19. The van der Waals surface area contributed by atoms with Gasteiger partial charge in [0.2, 0.25) is 0 Å². The first-order chi connectivity index (χ1) is 20.1. The van der Waals surface area contributed by atoms with Gasteiger partial charge in [-0.25, -0.2) is 0 Å². The lowest BCUT2D eigenvalue weighted by atomic mass is 10.2. The average molecular weight is 655 g/mol. The van der Waals surface area contributed by atoms with Crippen molar-refractivity contribution in [3.8, 4) is 18.2 Å². The summed E-state index contributed by atoms with van der Waals surface area (Å²) >= 11 is 9.95. The number of nitriles is 3. The molecule has 0 atom stereocenters. The van der Waals surface area contributed by atoms with Crippen molar-refractivity contribution in [2.45, 2.75) is 117 Å². The first-order valence-corrected chi connectivity index (χ1v) is 18.3. The molecule has 0 fully saturated rings. The molecular weight excluding hydrogens is 597 g/mol. The van der Waals surface area contributed by atoms with E-state index in [1.807, 2.05) is 12.1 Å². The number of hydrogen-bond acceptors (Lipinski definition) is 8. The van der Waals surface area contributed by atoms with E-state index in [0.29, 0.717) is 14.8 Å². The van der Waals surface area contributed by atoms with Crippen molar-refractivity contribution in [1.82, 2.24) is 4.37 Å². The van der Waals surface area contributed by atoms with Crippen molar-refractivity contribution in [2.24, 2.45) is 0 Å². The maximum Gasteiger partial charge on any atom is 0.139 e. The van der Waals surface area contributed by atoms with E-state index in [1.54, 1.807) is 6.07 Å². The van der Waals surface area contributed by atoms with Crippen molar-refractivity contribution in [1.29, 1.82) is 15.8 Å². The van der Waals surface area contributed by atoms with Crippen LogP contribution in [0.2, 0.25) is 0 Å². The predicted molar refractivity (Wildman–Crippen MR) is 189 cm³/mol. The molecule has 0 N–H and O–H groups in total. The summed E-state index contributed by atoms with van der Waals surface area (Å²) in [5.41, 5.74) is 0. The minimum atomic E-state index is 0.0201. The van der Waals surface area contributed by atoms with Gasteiger partial charge in [-0.2, -0.15) is 20.2 Å². The number of rotatable bonds is 18. The van der Waals surface area contributed by atoms with Gasteiger partial charge in [0.15, 0.2) is 0 Å². The summed E-state index contributed by atoms with van der Waals surface area (Å²) in [6.45, 7) is 29.6. The van der Waals surface area contributed by atoms with Crippen LogP contribution in [0.4, 0.5) is 0 Å². The maximum atomic E-state index is 8.80. The normalized spacial score (nSPS) is 11.6. The minimum Gasteiger partial charge on any atom is -0.324 e. The van der Waals surface area contributed by atoms with Gasteiger partial charge in [-0.3, -0.25) is 0 Å². The van der Waals surface area contributed by atoms with Gasteiger partial charge < -0.3 is 8.97 Å². The molecule has 0 aliphatic carbocycles. The molecule has 1 heterocycles. The first-order valence-electron chi connectivity index (χ1n) is 15.8. The summed E-state index contributed by atoms with van der Waals surface area (Å²) in [4.78, 5) is 0.952. The summed E-state index contributed by atoms with van der Waals surface area (Å²) in [6.07, 6.45) is 10.7. The summed E-state index contributed by atoms with van der Waals surface area (Å²) < 4.78 is 6.72. The second-order valence-electron chi connectivity index (χ2n) is 10.8. The van der Waals surface area contributed by atoms with E-state index in [-0.39, 0.29) is 9.81 Å². The van der Waals surface area contributed by atoms with Crippen molar-refractivity contribution in [3.05, 3.63) is 14.7 Å². The van der Waals surface area contributed by atoms with Crippen molar-refractivity contribution >= 4 is 48.6 Å². The van der Waals surface area contributed by atoms with E-state index in [2.05, 4.69) is 85.0 Å². The van der Waals surface area contributed by atoms with Crippen LogP contribution in [-0.2, 0) is 0 Å². The van der Waals surface area contributed by atoms with E-state index in [4.69, 9.17) is 15.8 Å². The van der Waals surface area contributed by atoms with Crippen LogP contribution in [0.25, 0.3) is 0 Å². The van der Waals surface area contributed by atoms with Gasteiger partial charge in [-0.1, -0.05) is 67.2 Å². The molecule has 6 nitrogen and oxygen atoms in total. The molecule has 1 aromatic heterocycles. The zero-order chi connectivity index (χ0) is 32.4. The third-order valence-corrected chi connectivity index (χ3v) is 10.0. The van der Waals surface area contributed by atoms with Gasteiger partial charge >= 0.3 is 0 Å². The Morgan fingerprint density at radius 1 is 0.667 bits per heavy atom. The Kier molecular flexibility index (Phi) is 26.8. The van der Waals surface area contributed by atoms with Crippen LogP contribution in [0.15, 0.2) is 19.7 Å². The Bertz CT molecular complexity index is 913. The highest BCUT2D eigenvalue weighted by Gasteiger charge is 2.23. The SMILES string of the molecule is CCC[N+](CCC)(CCC)CCC.CCC[N+](CCC)(CCC)CCC.N#CC(S)=C(C#N)Sc1nsc(C#N)c1S. The molecule has 0 saturated heterocycles. The van der Waals surface area contributed by atoms with Gasteiger partial charge in [0.05, 0.1) is 57.3 Å². The van der Waals surface area contributed by atoms with Crippen LogP contribution in [-0.4, -0.2) is 65.7 Å². The van der Waals surface area contributed by atoms with Crippen LogP contribution in [0.1, 0.15) is 112 Å². The zero-order valence-corrected chi connectivity index (χ0v) is 31.1. The van der Waals surface area contributed by atoms with E-state index in [9.17, 15) is 0 Å². The van der Waals surface area contributed by atoms with Crippen LogP contribution in [0, 0.1) is 34.0 Å². The number of aromatic nitrogens is 1. The minimum absolute atomic E-state index is 0.0201. The summed E-state index contributed by atoms with van der Waals surface area (Å²) in [6, 6.07) is 5.54. The summed E-state index contributed by atoms with van der Waals surface area (Å²) in [5.74, 6) is 0. The molecule has 0 aromatic carbocycles. The van der Waals surface area contributed by atoms with Crippen LogP contribution in [0.3, 0.4) is 0 Å². The molecule has 0 saturated carbocycles. The number of allylic oxidation sites excluding steroid dienone is 2. The second kappa shape index (κ2) is 26.2. The Labute approximate surface area is 278 Å². The predicted octanol–water partition coefficient (Wildman–Crippen LogP) is 9.47. The van der Waals surface area contributed by atoms with Crippen molar-refractivity contribution in [3.63, 3.8) is 0 Å². The van der Waals surface area contributed by atoms with Gasteiger partial charge in [0.1, 0.15) is 37.9 Å². The number of thiol groups is 2. The first kappa shape index (κ1) is 42.9. The standard InChI is InChI=1S/2C12H28N.C8H2N4S4/c2*1-5-9-13(10-6-2,11-7-3)12-8-4;9-1-4(13)5(2-10)15-8-7(14)6(3-11)16-12-8/h2*5-12H2,1-4H3;13-14H/q2*+1;. The van der Waals surface area contributed by atoms with E-state index in [0.717, 1.165) is 23.3 Å². The summed E-state index contributed by atoms with van der Waals surface area (Å²) in [5, 5.41) is 26.5. The lowest BCUT2D eigenvalue weighted by Crippen LogP contribution is -2.50. The third kappa shape index (κ3) is 16.6. The van der Waals surface area contributed by atoms with E-state index in [1.165, 1.54) is 113 Å². The van der Waals surface area contributed by atoms with Gasteiger partial charge in [-0.15, -0.1) is 25.3 Å². The lowest BCUT2D eigenvalue weighted by molar-refractivity contribution is -0.928. The van der Waals surface area contributed by atoms with E-state index >= 15 is 0 Å². The second-order valence-corrected chi connectivity index (χ2v) is 13.4. The molecule has 0 unspecified atom stereocenters. The highest BCUT2D eigenvalue weighted by atomic mass is 32.2. The third-order valence-electron chi connectivity index (χ3n) is 6.94. The quantitative estimate of drug-likeness (QED) is 0.0713. The Morgan fingerprint density at radius 3 is 1.21 bits per heavy atom. The Balaban J connectivity index is 0. The molecule has 0 amide bonds. The number of hydrogen-bond donors (Lipinski definition) is 2. The fourth-order valence-electron chi connectivity index (χ4n) is 5.82. The fraction of sp³-hybridized carbons (Fsp3) is 0.750. The zero-order valence-electron chi connectivity index (χ0n) is 27.7. The number of nitrogens with zero attached hydrogens (tertiary/aromatic N) is 6. The maximum absolute atomic E-state index is 8.80. The van der Waals surface area contributed by atoms with E-state index < -0.39 is 0 Å². The summed E-state index contributed by atoms with van der Waals surface area (Å²) in [7, 11) is 0. The van der Waals surface area contributed by atoms with Crippen LogP contribution in [0.5, 0.6) is 0 Å². The molecule has 42 heavy (non-hydrogen) atoms. The molecule has 0 aliphatic heterocycles. The molecule has 0 bridgehead atoms. The smallest absolute Gasteiger partial charge is 0.139 e. The van der Waals surface area contributed by atoms with Gasteiger partial charge in [-0.05, 0) is 62.9 Å². The van der Waals surface area contributed by atoms with Gasteiger partial charge in [0, 0.05) is 0 Å². The van der Waals surface area contributed by atoms with Crippen LogP contribution >= 0.6 is 48.6 Å². The van der Waals surface area contributed by atoms with Crippen LogP contribution < -0.4 is 0 Å². The Morgan fingerprint density at radius 2 is 1.00 bits per heavy atom. The van der Waals surface area contributed by atoms with Crippen molar-refractivity contribution in [2.75, 3.05) is 52.4 Å². The molecule has 1 aromatic rings. The average Bonchev–Trinajstić information content (AvgIpc) is 3.32. The molecular formula is C32H58N6S4+2. The largest absolute Gasteiger partial charge is 0.324 e. The fourth-order valence-corrected chi connectivity index (χ4v) is 7.83.